The number of nitrogens with zero attached hydrogens (tertiary/aromatic N) is 1. The van der Waals surface area contributed by atoms with Gasteiger partial charge < -0.3 is 15.0 Å². The summed E-state index contributed by atoms with van der Waals surface area (Å²) < 4.78 is 5.53. The number of rotatable bonds is 3. The molecule has 3 heteroatoms. The van der Waals surface area contributed by atoms with Crippen LogP contribution in [0.3, 0.4) is 0 Å². The van der Waals surface area contributed by atoms with Gasteiger partial charge in [-0.2, -0.15) is 0 Å². The van der Waals surface area contributed by atoms with Crippen LogP contribution in [0.4, 0.5) is 0 Å². The molecule has 0 bridgehead atoms. The highest BCUT2D eigenvalue weighted by molar-refractivity contribution is 4.83. The monoisotopic (exact) mass is 254 g/mol. The van der Waals surface area contributed by atoms with E-state index in [0.29, 0.717) is 18.0 Å². The zero-order valence-corrected chi connectivity index (χ0v) is 12.3. The first-order chi connectivity index (χ1) is 8.66. The minimum Gasteiger partial charge on any atom is -0.381 e. The third kappa shape index (κ3) is 3.94. The predicted octanol–water partition coefficient (Wildman–Crippen LogP) is 2.26. The average molecular weight is 254 g/mol. The fourth-order valence-corrected chi connectivity index (χ4v) is 3.23. The maximum Gasteiger partial charge on any atom is 0.0506 e. The van der Waals surface area contributed by atoms with Gasteiger partial charge in [0.2, 0.25) is 0 Å². The summed E-state index contributed by atoms with van der Waals surface area (Å²) in [5.74, 6) is 0.670. The van der Waals surface area contributed by atoms with Crippen LogP contribution in [0.2, 0.25) is 0 Å². The molecular formula is C15H30N2O. The summed E-state index contributed by atoms with van der Waals surface area (Å²) in [7, 11) is 0. The van der Waals surface area contributed by atoms with Crippen LogP contribution in [-0.4, -0.2) is 49.3 Å². The van der Waals surface area contributed by atoms with Crippen molar-refractivity contribution in [2.75, 3.05) is 26.3 Å². The maximum absolute atomic E-state index is 5.53. The van der Waals surface area contributed by atoms with Crippen molar-refractivity contribution in [1.29, 1.82) is 0 Å². The minimum atomic E-state index is 0.670. The molecule has 0 saturated carbocycles. The topological polar surface area (TPSA) is 24.5 Å². The number of hydrogen-bond acceptors (Lipinski definition) is 3. The predicted molar refractivity (Wildman–Crippen MR) is 75.9 cm³/mol. The van der Waals surface area contributed by atoms with Gasteiger partial charge in [0.05, 0.1) is 6.61 Å². The Hall–Kier alpha value is -0.120. The van der Waals surface area contributed by atoms with E-state index < -0.39 is 0 Å². The molecule has 0 aliphatic carbocycles. The highest BCUT2D eigenvalue weighted by Crippen LogP contribution is 2.19. The molecule has 3 nitrogen and oxygen atoms in total. The van der Waals surface area contributed by atoms with Crippen LogP contribution in [0, 0.1) is 5.92 Å². The van der Waals surface area contributed by atoms with Crippen molar-refractivity contribution in [2.45, 2.75) is 64.6 Å². The Morgan fingerprint density at radius 3 is 2.72 bits per heavy atom. The van der Waals surface area contributed by atoms with Gasteiger partial charge in [-0.3, -0.25) is 0 Å². The van der Waals surface area contributed by atoms with Gasteiger partial charge in [0.15, 0.2) is 0 Å². The van der Waals surface area contributed by atoms with Gasteiger partial charge in [-0.05, 0) is 58.5 Å². The van der Waals surface area contributed by atoms with Crippen molar-refractivity contribution < 1.29 is 4.74 Å². The Morgan fingerprint density at radius 1 is 1.17 bits per heavy atom. The fraction of sp³-hybridized carbons (Fsp3) is 1.00. The zero-order chi connectivity index (χ0) is 13.0. The summed E-state index contributed by atoms with van der Waals surface area (Å²) in [5, 5.41) is 3.90. The lowest BCUT2D eigenvalue weighted by Crippen LogP contribution is -2.46. The Balaban J connectivity index is 1.79. The van der Waals surface area contributed by atoms with Crippen LogP contribution in [0.1, 0.15) is 46.5 Å². The van der Waals surface area contributed by atoms with Crippen molar-refractivity contribution in [1.82, 2.24) is 10.2 Å². The van der Waals surface area contributed by atoms with Crippen molar-refractivity contribution in [2.24, 2.45) is 5.92 Å². The van der Waals surface area contributed by atoms with Gasteiger partial charge in [0.1, 0.15) is 0 Å². The molecule has 0 aromatic rings. The van der Waals surface area contributed by atoms with E-state index in [0.717, 1.165) is 19.3 Å². The molecule has 0 amide bonds. The molecule has 18 heavy (non-hydrogen) atoms. The highest BCUT2D eigenvalue weighted by atomic mass is 16.5. The lowest BCUT2D eigenvalue weighted by molar-refractivity contribution is 0.0352. The van der Waals surface area contributed by atoms with E-state index in [4.69, 9.17) is 4.74 Å². The Labute approximate surface area is 112 Å². The van der Waals surface area contributed by atoms with Crippen molar-refractivity contribution in [3.63, 3.8) is 0 Å². The third-order valence-corrected chi connectivity index (χ3v) is 4.58. The number of nitrogens with one attached hydrogen (secondary N) is 1. The molecule has 0 aromatic carbocycles. The van der Waals surface area contributed by atoms with Crippen LogP contribution in [0.15, 0.2) is 0 Å². The summed E-state index contributed by atoms with van der Waals surface area (Å²) in [6, 6.07) is 2.10. The highest BCUT2D eigenvalue weighted by Gasteiger charge is 2.26. The molecule has 106 valence electrons. The van der Waals surface area contributed by atoms with E-state index in [-0.39, 0.29) is 0 Å². The molecule has 2 saturated heterocycles. The number of ether oxygens (including phenoxy) is 1. The molecule has 2 aliphatic heterocycles. The lowest BCUT2D eigenvalue weighted by atomic mass is 9.95. The molecular weight excluding hydrogens is 224 g/mol. The summed E-state index contributed by atoms with van der Waals surface area (Å²) >= 11 is 0. The van der Waals surface area contributed by atoms with E-state index >= 15 is 0 Å². The molecule has 2 fully saturated rings. The second-order valence-corrected chi connectivity index (χ2v) is 6.37. The average Bonchev–Trinajstić information content (AvgIpc) is 2.58. The molecule has 3 unspecified atom stereocenters. The van der Waals surface area contributed by atoms with Crippen LogP contribution < -0.4 is 5.32 Å². The smallest absolute Gasteiger partial charge is 0.0506 e. The Morgan fingerprint density at radius 2 is 2.00 bits per heavy atom. The normalized spacial score (nSPS) is 35.7. The number of hydrogen-bond donors (Lipinski definition) is 1. The molecule has 3 atom stereocenters. The van der Waals surface area contributed by atoms with E-state index in [1.165, 1.54) is 38.8 Å². The molecule has 2 heterocycles. The van der Waals surface area contributed by atoms with Gasteiger partial charge in [0, 0.05) is 24.7 Å². The second-order valence-electron chi connectivity index (χ2n) is 6.37. The van der Waals surface area contributed by atoms with E-state index in [9.17, 15) is 0 Å². The van der Waals surface area contributed by atoms with Crippen LogP contribution in [-0.2, 0) is 4.74 Å². The summed E-state index contributed by atoms with van der Waals surface area (Å²) in [6.45, 7) is 11.3. The van der Waals surface area contributed by atoms with Gasteiger partial charge in [-0.15, -0.1) is 0 Å². The van der Waals surface area contributed by atoms with E-state index in [2.05, 4.69) is 31.0 Å². The van der Waals surface area contributed by atoms with Crippen LogP contribution >= 0.6 is 0 Å². The Kier molecular flexibility index (Phi) is 5.46. The van der Waals surface area contributed by atoms with Crippen LogP contribution in [0.25, 0.3) is 0 Å². The zero-order valence-electron chi connectivity index (χ0n) is 12.3. The molecule has 1 N–H and O–H groups in total. The molecule has 2 aliphatic rings. The summed E-state index contributed by atoms with van der Waals surface area (Å²) in [6.07, 6.45) is 5.18. The van der Waals surface area contributed by atoms with Gasteiger partial charge in [0.25, 0.3) is 0 Å². The second kappa shape index (κ2) is 6.88. The molecule has 2 rings (SSSR count). The van der Waals surface area contributed by atoms with Gasteiger partial charge in [-0.25, -0.2) is 0 Å². The first-order valence-electron chi connectivity index (χ1n) is 7.74. The maximum atomic E-state index is 5.53. The molecule has 0 radical (unpaired) electrons. The van der Waals surface area contributed by atoms with Gasteiger partial charge >= 0.3 is 0 Å². The first-order valence-corrected chi connectivity index (χ1v) is 7.74. The third-order valence-electron chi connectivity index (χ3n) is 4.58. The SMILES string of the molecule is CC1COCCC1NC1CCCN(C(C)C)CC1. The van der Waals surface area contributed by atoms with Crippen molar-refractivity contribution >= 4 is 0 Å². The summed E-state index contributed by atoms with van der Waals surface area (Å²) in [5.41, 5.74) is 0. The number of likely N-dealkylation sites (tertiary alicyclic amines) is 1. The van der Waals surface area contributed by atoms with E-state index in [1.54, 1.807) is 0 Å². The van der Waals surface area contributed by atoms with E-state index in [1.807, 2.05) is 0 Å². The minimum absolute atomic E-state index is 0.670. The quantitative estimate of drug-likeness (QED) is 0.836. The van der Waals surface area contributed by atoms with Crippen molar-refractivity contribution in [3.05, 3.63) is 0 Å². The lowest BCUT2D eigenvalue weighted by Gasteiger charge is -2.33. The Bertz CT molecular complexity index is 245. The standard InChI is InChI=1S/C15H30N2O/c1-12(2)17-8-4-5-14(6-9-17)16-15-7-10-18-11-13(15)3/h12-16H,4-11H2,1-3H3. The summed E-state index contributed by atoms with van der Waals surface area (Å²) in [4.78, 5) is 2.62. The van der Waals surface area contributed by atoms with Crippen LogP contribution in [0.5, 0.6) is 0 Å². The molecule has 0 spiro atoms. The van der Waals surface area contributed by atoms with Crippen molar-refractivity contribution in [3.8, 4) is 0 Å². The largest absolute Gasteiger partial charge is 0.381 e. The molecule has 0 aromatic heterocycles. The fourth-order valence-electron chi connectivity index (χ4n) is 3.23. The van der Waals surface area contributed by atoms with Gasteiger partial charge in [-0.1, -0.05) is 6.92 Å². The first kappa shape index (κ1) is 14.3.